The quantitative estimate of drug-likeness (QED) is 0.333. The maximum absolute atomic E-state index is 14.6. The Bertz CT molecular complexity index is 1420. The number of ether oxygens (including phenoxy) is 3. The standard InChI is InChI=1S/C37H50N2O6/c1-36(2,3)28-30(35(41)42)39(34(40)23-12-8-7-9-13-23)29(27-17-11-16-24-19-37(4,5)45-31(24)27)32(28)44-21-26-18-25(22-14-10-15-22)20-38-33(26)43-6/h11,16-18,20,22-23,28-30,32H,7-10,12-15,19,21H2,1-6H3,(H,41,42)/t28-,29+,30+,32+/m1/s1. The van der Waals surface area contributed by atoms with Crippen LogP contribution in [0.4, 0.5) is 0 Å². The third kappa shape index (κ3) is 6.07. The van der Waals surface area contributed by atoms with Gasteiger partial charge in [-0.3, -0.25) is 4.79 Å². The summed E-state index contributed by atoms with van der Waals surface area (Å²) in [6.45, 7) is 10.5. The molecule has 6 rings (SSSR count). The van der Waals surface area contributed by atoms with E-state index in [0.717, 1.165) is 73.8 Å². The predicted octanol–water partition coefficient (Wildman–Crippen LogP) is 7.24. The third-order valence-corrected chi connectivity index (χ3v) is 10.7. The fourth-order valence-electron chi connectivity index (χ4n) is 8.30. The van der Waals surface area contributed by atoms with Gasteiger partial charge in [0.15, 0.2) is 0 Å². The van der Waals surface area contributed by atoms with Gasteiger partial charge in [0.05, 0.1) is 25.9 Å². The second-order valence-corrected chi connectivity index (χ2v) is 15.4. The van der Waals surface area contributed by atoms with E-state index in [9.17, 15) is 14.7 Å². The Hall–Kier alpha value is -3.13. The molecule has 0 bridgehead atoms. The number of carboxylic acid groups (broad SMARTS) is 1. The first-order valence-electron chi connectivity index (χ1n) is 16.9. The summed E-state index contributed by atoms with van der Waals surface area (Å²) >= 11 is 0. The van der Waals surface area contributed by atoms with E-state index in [4.69, 9.17) is 14.2 Å². The van der Waals surface area contributed by atoms with E-state index in [0.29, 0.717) is 11.8 Å². The molecular formula is C37H50N2O6. The monoisotopic (exact) mass is 618 g/mol. The minimum atomic E-state index is -1.04. The maximum atomic E-state index is 14.6. The predicted molar refractivity (Wildman–Crippen MR) is 171 cm³/mol. The Morgan fingerprint density at radius 1 is 1.09 bits per heavy atom. The lowest BCUT2D eigenvalue weighted by atomic mass is 9.73. The summed E-state index contributed by atoms with van der Waals surface area (Å²) < 4.78 is 19.2. The number of carbonyl (C=O) groups is 2. The zero-order valence-electron chi connectivity index (χ0n) is 27.8. The first-order chi connectivity index (χ1) is 21.4. The van der Waals surface area contributed by atoms with Gasteiger partial charge in [-0.2, -0.15) is 0 Å². The topological polar surface area (TPSA) is 98.2 Å². The fraction of sp³-hybridized carbons (Fsp3) is 0.649. The van der Waals surface area contributed by atoms with Gasteiger partial charge >= 0.3 is 5.97 Å². The molecule has 0 spiro atoms. The Kier molecular flexibility index (Phi) is 8.66. The van der Waals surface area contributed by atoms with Gasteiger partial charge in [0.1, 0.15) is 17.4 Å². The SMILES string of the molecule is COc1ncc(C2CCC2)cc1CO[C@H]1[C@H](C(C)(C)C)[C@@H](C(=O)O)N(C(=O)C2CCCCC2)[C@H]1c1cccc2c1OC(C)(C)C2. The number of hydrogen-bond donors (Lipinski definition) is 1. The molecule has 244 valence electrons. The highest BCUT2D eigenvalue weighted by molar-refractivity contribution is 5.87. The Morgan fingerprint density at radius 2 is 1.82 bits per heavy atom. The molecule has 8 heteroatoms. The molecule has 4 aliphatic rings. The summed E-state index contributed by atoms with van der Waals surface area (Å²) in [5, 5.41) is 10.9. The van der Waals surface area contributed by atoms with Gasteiger partial charge in [0.25, 0.3) is 0 Å². The number of hydrogen-bond acceptors (Lipinski definition) is 6. The van der Waals surface area contributed by atoms with Crippen LogP contribution in [-0.2, 0) is 27.4 Å². The normalized spacial score (nSPS) is 26.7. The smallest absolute Gasteiger partial charge is 0.326 e. The third-order valence-electron chi connectivity index (χ3n) is 10.7. The summed E-state index contributed by atoms with van der Waals surface area (Å²) in [6, 6.07) is 6.56. The number of carbonyl (C=O) groups excluding carboxylic acids is 1. The lowest BCUT2D eigenvalue weighted by Crippen LogP contribution is -2.49. The summed E-state index contributed by atoms with van der Waals surface area (Å²) in [4.78, 5) is 34.3. The number of carboxylic acids is 1. The van der Waals surface area contributed by atoms with E-state index in [-0.39, 0.29) is 18.4 Å². The molecule has 3 heterocycles. The number of para-hydroxylation sites is 1. The van der Waals surface area contributed by atoms with Crippen LogP contribution in [0.3, 0.4) is 0 Å². The number of rotatable bonds is 8. The number of nitrogens with zero attached hydrogens (tertiary/aromatic N) is 2. The Balaban J connectivity index is 1.47. The van der Waals surface area contributed by atoms with Gasteiger partial charge in [-0.25, -0.2) is 9.78 Å². The van der Waals surface area contributed by atoms with E-state index >= 15 is 0 Å². The summed E-state index contributed by atoms with van der Waals surface area (Å²) in [5.74, 6) is 0.0227. The number of methoxy groups -OCH3 is 1. The van der Waals surface area contributed by atoms with E-state index < -0.39 is 41.1 Å². The van der Waals surface area contributed by atoms with Gasteiger partial charge in [-0.1, -0.05) is 64.7 Å². The zero-order chi connectivity index (χ0) is 32.1. The van der Waals surface area contributed by atoms with Crippen LogP contribution in [0.15, 0.2) is 30.5 Å². The lowest BCUT2D eigenvalue weighted by molar-refractivity contribution is -0.154. The zero-order valence-corrected chi connectivity index (χ0v) is 27.8. The average molecular weight is 619 g/mol. The van der Waals surface area contributed by atoms with Crippen LogP contribution >= 0.6 is 0 Å². The van der Waals surface area contributed by atoms with Gasteiger partial charge in [-0.15, -0.1) is 0 Å². The van der Waals surface area contributed by atoms with Crippen molar-refractivity contribution < 1.29 is 28.9 Å². The lowest BCUT2D eigenvalue weighted by Gasteiger charge is -2.35. The summed E-state index contributed by atoms with van der Waals surface area (Å²) in [6.07, 6.45) is 10.2. The van der Waals surface area contributed by atoms with Crippen molar-refractivity contribution in [3.63, 3.8) is 0 Å². The van der Waals surface area contributed by atoms with Crippen LogP contribution in [-0.4, -0.2) is 51.7 Å². The molecule has 0 unspecified atom stereocenters. The highest BCUT2D eigenvalue weighted by Crippen LogP contribution is 2.54. The van der Waals surface area contributed by atoms with Gasteiger partial charge in [0, 0.05) is 35.6 Å². The number of aromatic nitrogens is 1. The van der Waals surface area contributed by atoms with Crippen LogP contribution in [0.25, 0.3) is 0 Å². The maximum Gasteiger partial charge on any atom is 0.326 e. The van der Waals surface area contributed by atoms with Gasteiger partial charge in [-0.05, 0) is 68.1 Å². The molecule has 1 amide bonds. The number of likely N-dealkylation sites (tertiary alicyclic amines) is 1. The summed E-state index contributed by atoms with van der Waals surface area (Å²) in [7, 11) is 1.61. The molecule has 8 nitrogen and oxygen atoms in total. The minimum absolute atomic E-state index is 0.0754. The van der Waals surface area contributed by atoms with Crippen LogP contribution < -0.4 is 9.47 Å². The van der Waals surface area contributed by atoms with E-state index in [1.165, 1.54) is 12.0 Å². The van der Waals surface area contributed by atoms with Crippen molar-refractivity contribution in [2.24, 2.45) is 17.3 Å². The van der Waals surface area contributed by atoms with Crippen LogP contribution in [0.1, 0.15) is 120 Å². The van der Waals surface area contributed by atoms with Crippen LogP contribution in [0, 0.1) is 17.3 Å². The van der Waals surface area contributed by atoms with Crippen molar-refractivity contribution >= 4 is 11.9 Å². The molecule has 0 radical (unpaired) electrons. The van der Waals surface area contributed by atoms with Crippen molar-refractivity contribution in [3.05, 3.63) is 52.7 Å². The van der Waals surface area contributed by atoms with Gasteiger partial charge in [0.2, 0.25) is 11.8 Å². The van der Waals surface area contributed by atoms with E-state index in [1.807, 2.05) is 18.3 Å². The second-order valence-electron chi connectivity index (χ2n) is 15.4. The van der Waals surface area contributed by atoms with Crippen molar-refractivity contribution in [1.82, 2.24) is 9.88 Å². The van der Waals surface area contributed by atoms with E-state index in [2.05, 4.69) is 51.7 Å². The molecule has 1 saturated heterocycles. The molecule has 2 saturated carbocycles. The summed E-state index contributed by atoms with van der Waals surface area (Å²) in [5.41, 5.74) is 3.05. The number of amides is 1. The highest BCUT2D eigenvalue weighted by Gasteiger charge is 2.60. The first kappa shape index (κ1) is 31.8. The molecule has 1 aromatic heterocycles. The minimum Gasteiger partial charge on any atom is -0.487 e. The molecular weight excluding hydrogens is 568 g/mol. The average Bonchev–Trinajstić information content (AvgIpc) is 3.48. The van der Waals surface area contributed by atoms with Crippen LogP contribution in [0.2, 0.25) is 0 Å². The first-order valence-corrected chi connectivity index (χ1v) is 16.9. The fourth-order valence-corrected chi connectivity index (χ4v) is 8.30. The molecule has 45 heavy (non-hydrogen) atoms. The molecule has 4 atom stereocenters. The molecule has 3 fully saturated rings. The molecule has 2 aliphatic heterocycles. The number of aliphatic carboxylic acids is 1. The molecule has 1 aromatic carbocycles. The second kappa shape index (κ2) is 12.2. The van der Waals surface area contributed by atoms with Crippen LogP contribution in [0.5, 0.6) is 11.6 Å². The van der Waals surface area contributed by atoms with Crippen molar-refractivity contribution in [2.75, 3.05) is 7.11 Å². The number of fused-ring (bicyclic) bond motifs is 1. The number of pyridine rings is 1. The Labute approximate surface area is 267 Å². The largest absolute Gasteiger partial charge is 0.487 e. The number of benzene rings is 1. The Morgan fingerprint density at radius 3 is 2.44 bits per heavy atom. The van der Waals surface area contributed by atoms with Crippen molar-refractivity contribution in [3.8, 4) is 11.6 Å². The highest BCUT2D eigenvalue weighted by atomic mass is 16.5. The van der Waals surface area contributed by atoms with Gasteiger partial charge < -0.3 is 24.2 Å². The molecule has 1 N–H and O–H groups in total. The van der Waals surface area contributed by atoms with E-state index in [1.54, 1.807) is 12.0 Å². The van der Waals surface area contributed by atoms with Crippen molar-refractivity contribution in [2.45, 2.75) is 129 Å². The van der Waals surface area contributed by atoms with Crippen molar-refractivity contribution in [1.29, 1.82) is 0 Å². The molecule has 2 aromatic rings. The molecule has 2 aliphatic carbocycles.